The van der Waals surface area contributed by atoms with Crippen LogP contribution in [0, 0.1) is 6.85 Å². The molecule has 84 valence electrons. The molecule has 15 heavy (non-hydrogen) atoms. The lowest BCUT2D eigenvalue weighted by Crippen LogP contribution is -2.27. The van der Waals surface area contributed by atoms with E-state index in [1.165, 1.54) is 0 Å². The smallest absolute Gasteiger partial charge is 0.420 e. The number of carbonyl (C=O) groups excluding carboxylic acids is 1. The quantitative estimate of drug-likeness (QED) is 0.724. The van der Waals surface area contributed by atoms with Gasteiger partial charge in [-0.2, -0.15) is 0 Å². The van der Waals surface area contributed by atoms with Gasteiger partial charge in [0.05, 0.1) is 0 Å². The van der Waals surface area contributed by atoms with Crippen LogP contribution in [0.15, 0.2) is 9.21 Å². The van der Waals surface area contributed by atoms with Crippen molar-refractivity contribution in [1.82, 2.24) is 9.55 Å². The topological polar surface area (TPSA) is 44.1 Å². The summed E-state index contributed by atoms with van der Waals surface area (Å²) in [6.45, 7) is 2.57. The molecule has 1 heterocycles. The number of halogens is 2. The number of rotatable bonds is 0. The summed E-state index contributed by atoms with van der Waals surface area (Å²) in [7, 11) is 0. The van der Waals surface area contributed by atoms with E-state index in [0.717, 1.165) is 4.57 Å². The van der Waals surface area contributed by atoms with E-state index in [1.54, 1.807) is 20.8 Å². The van der Waals surface area contributed by atoms with Gasteiger partial charge in [0, 0.05) is 4.11 Å². The van der Waals surface area contributed by atoms with Crippen LogP contribution >= 0.6 is 31.9 Å². The number of nitrogens with zero attached hydrogens (tertiary/aromatic N) is 2. The van der Waals surface area contributed by atoms with Gasteiger partial charge in [-0.15, -0.1) is 0 Å². The molecule has 0 unspecified atom stereocenters. The molecule has 1 aromatic rings. The molecule has 0 saturated heterocycles. The molecule has 6 heteroatoms. The molecule has 0 amide bonds. The Balaban J connectivity index is 3.27. The van der Waals surface area contributed by atoms with E-state index in [0.29, 0.717) is 0 Å². The zero-order valence-corrected chi connectivity index (χ0v) is 11.6. The summed E-state index contributed by atoms with van der Waals surface area (Å²) in [6.07, 6.45) is -0.793. The maximum atomic E-state index is 12.0. The molecule has 0 aliphatic carbocycles. The molecular weight excluding hydrogens is 328 g/mol. The zero-order chi connectivity index (χ0) is 14.3. The van der Waals surface area contributed by atoms with Crippen LogP contribution < -0.4 is 0 Å². The number of aromatic nitrogens is 2. The van der Waals surface area contributed by atoms with Crippen LogP contribution in [0.4, 0.5) is 4.79 Å². The van der Waals surface area contributed by atoms with Crippen molar-refractivity contribution in [2.75, 3.05) is 0 Å². The maximum absolute atomic E-state index is 12.0. The van der Waals surface area contributed by atoms with Gasteiger partial charge in [0.25, 0.3) is 0 Å². The second-order valence-electron chi connectivity index (χ2n) is 3.83. The van der Waals surface area contributed by atoms with E-state index < -0.39 is 18.5 Å². The van der Waals surface area contributed by atoms with Crippen molar-refractivity contribution < 1.29 is 13.6 Å². The van der Waals surface area contributed by atoms with Gasteiger partial charge in [0.2, 0.25) is 0 Å². The van der Waals surface area contributed by atoms with Crippen molar-refractivity contribution in [2.24, 2.45) is 0 Å². The molecule has 0 N–H and O–H groups in total. The Hall–Kier alpha value is -0.360. The van der Waals surface area contributed by atoms with E-state index in [2.05, 4.69) is 36.8 Å². The van der Waals surface area contributed by atoms with Gasteiger partial charge in [0.1, 0.15) is 20.6 Å². The Labute approximate surface area is 109 Å². The summed E-state index contributed by atoms with van der Waals surface area (Å²) in [5.74, 6) is -0.351. The second kappa shape index (κ2) is 4.25. The van der Waals surface area contributed by atoms with Crippen molar-refractivity contribution in [3.8, 4) is 0 Å². The van der Waals surface area contributed by atoms with Gasteiger partial charge in [-0.1, -0.05) is 0 Å². The number of imidazole rings is 1. The molecule has 0 bridgehead atoms. The largest absolute Gasteiger partial charge is 0.443 e. The van der Waals surface area contributed by atoms with Crippen molar-refractivity contribution in [3.63, 3.8) is 0 Å². The lowest BCUT2D eigenvalue weighted by atomic mass is 10.2. The maximum Gasteiger partial charge on any atom is 0.420 e. The normalized spacial score (nSPS) is 15.4. The first-order valence-electron chi connectivity index (χ1n) is 5.61. The van der Waals surface area contributed by atoms with Crippen molar-refractivity contribution in [1.29, 1.82) is 0 Å². The predicted octanol–water partition coefficient (Wildman–Crippen LogP) is 3.50. The molecule has 0 aliphatic rings. The van der Waals surface area contributed by atoms with Crippen molar-refractivity contribution in [3.05, 3.63) is 15.0 Å². The van der Waals surface area contributed by atoms with Crippen LogP contribution in [0.3, 0.4) is 0 Å². The van der Waals surface area contributed by atoms with Gasteiger partial charge >= 0.3 is 6.09 Å². The molecule has 0 radical (unpaired) electrons. The standard InChI is InChI=1S/C9H12Br2N2O2/c1-5-12-6(10)7(11)13(5)8(14)15-9(2,3)4/h1-4H3/i1D3. The highest BCUT2D eigenvalue weighted by Gasteiger charge is 2.22. The Morgan fingerprint density at radius 1 is 1.53 bits per heavy atom. The third-order valence-corrected chi connectivity index (χ3v) is 3.17. The first-order chi connectivity index (χ1) is 7.93. The Morgan fingerprint density at radius 3 is 2.60 bits per heavy atom. The summed E-state index contributed by atoms with van der Waals surface area (Å²) < 4.78 is 28.5. The fourth-order valence-electron chi connectivity index (χ4n) is 0.849. The summed E-state index contributed by atoms with van der Waals surface area (Å²) in [5.41, 5.74) is -0.723. The molecule has 4 nitrogen and oxygen atoms in total. The van der Waals surface area contributed by atoms with E-state index in [9.17, 15) is 4.79 Å². The third kappa shape index (κ3) is 3.04. The van der Waals surface area contributed by atoms with Crippen molar-refractivity contribution in [2.45, 2.75) is 33.2 Å². The molecule has 0 saturated carbocycles. The summed E-state index contributed by atoms with van der Waals surface area (Å²) >= 11 is 6.18. The van der Waals surface area contributed by atoms with Crippen LogP contribution in [0.5, 0.6) is 0 Å². The summed E-state index contributed by atoms with van der Waals surface area (Å²) in [5, 5.41) is 0. The third-order valence-electron chi connectivity index (χ3n) is 1.36. The lowest BCUT2D eigenvalue weighted by Gasteiger charge is -2.20. The monoisotopic (exact) mass is 341 g/mol. The summed E-state index contributed by atoms with van der Waals surface area (Å²) in [6, 6.07) is 0. The van der Waals surface area contributed by atoms with Gasteiger partial charge in [-0.3, -0.25) is 0 Å². The average molecular weight is 343 g/mol. The minimum Gasteiger partial charge on any atom is -0.443 e. The van der Waals surface area contributed by atoms with Crippen LogP contribution in [-0.2, 0) is 4.74 Å². The number of aryl methyl sites for hydroxylation is 1. The number of ether oxygens (including phenoxy) is 1. The molecule has 0 fully saturated rings. The Morgan fingerprint density at radius 2 is 2.13 bits per heavy atom. The van der Waals surface area contributed by atoms with Gasteiger partial charge in [-0.25, -0.2) is 14.3 Å². The highest BCUT2D eigenvalue weighted by Crippen LogP contribution is 2.24. The average Bonchev–Trinajstić information content (AvgIpc) is 2.39. The van der Waals surface area contributed by atoms with Crippen molar-refractivity contribution >= 4 is 38.0 Å². The lowest BCUT2D eigenvalue weighted by molar-refractivity contribution is 0.0529. The molecule has 0 spiro atoms. The predicted molar refractivity (Wildman–Crippen MR) is 64.0 cm³/mol. The van der Waals surface area contributed by atoms with E-state index in [1.807, 2.05) is 0 Å². The van der Waals surface area contributed by atoms with Gasteiger partial charge < -0.3 is 4.74 Å². The number of hydrogen-bond donors (Lipinski definition) is 0. The van der Waals surface area contributed by atoms with Crippen LogP contribution in [0.25, 0.3) is 0 Å². The highest BCUT2D eigenvalue weighted by atomic mass is 79.9. The minimum atomic E-state index is -2.51. The molecule has 0 aliphatic heterocycles. The van der Waals surface area contributed by atoms with Gasteiger partial charge in [0.15, 0.2) is 0 Å². The summed E-state index contributed by atoms with van der Waals surface area (Å²) in [4.78, 5) is 15.8. The Kier molecular flexibility index (Phi) is 2.48. The SMILES string of the molecule is [2H]C([2H])([2H])c1nc(Br)c(Br)n1C(=O)OC(C)(C)C. The van der Waals surface area contributed by atoms with E-state index in [-0.39, 0.29) is 15.0 Å². The van der Waals surface area contributed by atoms with Gasteiger partial charge in [-0.05, 0) is 59.5 Å². The molecule has 0 aromatic carbocycles. The van der Waals surface area contributed by atoms with Crippen LogP contribution in [0.1, 0.15) is 30.7 Å². The fraction of sp³-hybridized carbons (Fsp3) is 0.556. The first kappa shape index (κ1) is 8.75. The van der Waals surface area contributed by atoms with Crippen LogP contribution in [0.2, 0.25) is 0 Å². The molecule has 0 atom stereocenters. The number of carbonyl (C=O) groups is 1. The second-order valence-corrected chi connectivity index (χ2v) is 5.34. The van der Waals surface area contributed by atoms with E-state index in [4.69, 9.17) is 8.85 Å². The minimum absolute atomic E-state index is 0.211. The fourth-order valence-corrected chi connectivity index (χ4v) is 1.60. The molecular formula is C9H12Br2N2O2. The number of hydrogen-bond acceptors (Lipinski definition) is 3. The first-order valence-corrected chi connectivity index (χ1v) is 5.69. The zero-order valence-electron chi connectivity index (χ0n) is 11.5. The van der Waals surface area contributed by atoms with Crippen LogP contribution in [-0.4, -0.2) is 21.2 Å². The molecule has 1 rings (SSSR count). The Bertz CT molecular complexity index is 477. The highest BCUT2D eigenvalue weighted by molar-refractivity contribution is 9.13. The molecule has 1 aromatic heterocycles. The van der Waals surface area contributed by atoms with E-state index >= 15 is 0 Å².